The maximum absolute atomic E-state index is 11.7. The molecule has 37 heavy (non-hydrogen) atoms. The smallest absolute Gasteiger partial charge is 0.870 e. The van der Waals surface area contributed by atoms with Crippen LogP contribution >= 0.6 is 0 Å². The van der Waals surface area contributed by atoms with Crippen LogP contribution in [0.3, 0.4) is 0 Å². The molecule has 0 bridgehead atoms. The van der Waals surface area contributed by atoms with Crippen molar-refractivity contribution in [2.75, 3.05) is 68.6 Å². The molecule has 0 saturated heterocycles. The van der Waals surface area contributed by atoms with Crippen LogP contribution in [0.5, 0.6) is 23.0 Å². The van der Waals surface area contributed by atoms with Crippen LogP contribution in [0.15, 0.2) is 46.4 Å². The Balaban J connectivity index is -0.000000578. The first-order valence-corrected chi connectivity index (χ1v) is 11.3. The zero-order valence-electron chi connectivity index (χ0n) is 23.0. The van der Waals surface area contributed by atoms with Crippen LogP contribution in [-0.2, 0) is 19.5 Å². The predicted molar refractivity (Wildman–Crippen MR) is 143 cm³/mol. The van der Waals surface area contributed by atoms with Crippen LogP contribution in [0.1, 0.15) is 24.0 Å². The quantitative estimate of drug-likeness (QED) is 0.206. The van der Waals surface area contributed by atoms with Gasteiger partial charge in [0.2, 0.25) is 0 Å². The number of methoxy groups -OCH3 is 2. The van der Waals surface area contributed by atoms with Crippen molar-refractivity contribution < 1.29 is 50.1 Å². The van der Waals surface area contributed by atoms with Crippen LogP contribution in [0, 0.1) is 0 Å². The molecule has 0 radical (unpaired) electrons. The Labute approximate surface area is 234 Å². The number of hydrogen-bond donors (Lipinski definition) is 0. The molecule has 2 aromatic rings. The summed E-state index contributed by atoms with van der Waals surface area (Å²) in [6.45, 7) is 3.46. The molecule has 0 heterocycles. The SMILES string of the molecule is COc1cccc(C=NCCCN(C)C)c1[O-].COc1cccc(C=NCCCN(C)C)c1[O-].O.O.[Zn+2]. The molecule has 0 amide bonds. The van der Waals surface area contributed by atoms with Crippen molar-refractivity contribution in [2.24, 2.45) is 9.98 Å². The minimum absolute atomic E-state index is 0. The summed E-state index contributed by atoms with van der Waals surface area (Å²) in [4.78, 5) is 12.7. The monoisotopic (exact) mass is 570 g/mol. The maximum atomic E-state index is 11.7. The Hall–Kier alpha value is -2.56. The zero-order chi connectivity index (χ0) is 25.3. The maximum Gasteiger partial charge on any atom is 2.00 e. The number of hydrogen-bond acceptors (Lipinski definition) is 8. The number of aliphatic imine (C=N–C) groups is 2. The molecule has 2 rings (SSSR count). The van der Waals surface area contributed by atoms with E-state index in [2.05, 4.69) is 19.8 Å². The second-order valence-electron chi connectivity index (χ2n) is 8.14. The van der Waals surface area contributed by atoms with E-state index in [0.717, 1.165) is 39.0 Å². The van der Waals surface area contributed by atoms with Gasteiger partial charge in [0, 0.05) is 25.5 Å². The average molecular weight is 572 g/mol. The molecule has 0 spiro atoms. The number of nitrogens with zero attached hydrogens (tertiary/aromatic N) is 4. The normalized spacial score (nSPS) is 10.4. The minimum Gasteiger partial charge on any atom is -0.870 e. The van der Waals surface area contributed by atoms with Gasteiger partial charge in [0.1, 0.15) is 11.5 Å². The first-order valence-electron chi connectivity index (χ1n) is 11.3. The number of para-hydroxylation sites is 2. The van der Waals surface area contributed by atoms with Crippen LogP contribution in [0.25, 0.3) is 0 Å². The van der Waals surface area contributed by atoms with Gasteiger partial charge in [-0.2, -0.15) is 0 Å². The third-order valence-corrected chi connectivity index (χ3v) is 4.70. The molecule has 0 unspecified atom stereocenters. The molecule has 0 atom stereocenters. The molecule has 0 fully saturated rings. The van der Waals surface area contributed by atoms with Crippen molar-refractivity contribution in [3.63, 3.8) is 0 Å². The van der Waals surface area contributed by atoms with E-state index >= 15 is 0 Å². The molecule has 0 aliphatic heterocycles. The first-order chi connectivity index (χ1) is 16.3. The van der Waals surface area contributed by atoms with Crippen molar-refractivity contribution in [3.8, 4) is 23.0 Å². The van der Waals surface area contributed by atoms with Gasteiger partial charge in [0.25, 0.3) is 0 Å². The van der Waals surface area contributed by atoms with E-state index in [4.69, 9.17) is 9.47 Å². The topological polar surface area (TPSA) is 159 Å². The molecule has 0 aromatic heterocycles. The second kappa shape index (κ2) is 22.6. The average Bonchev–Trinajstić information content (AvgIpc) is 2.80. The van der Waals surface area contributed by atoms with Gasteiger partial charge in [-0.1, -0.05) is 35.8 Å². The number of benzene rings is 2. The number of rotatable bonds is 12. The van der Waals surface area contributed by atoms with E-state index in [1.807, 2.05) is 28.2 Å². The Kier molecular flexibility index (Phi) is 23.8. The fourth-order valence-corrected chi connectivity index (χ4v) is 2.87. The van der Waals surface area contributed by atoms with Crippen LogP contribution < -0.4 is 19.7 Å². The van der Waals surface area contributed by atoms with Gasteiger partial charge >= 0.3 is 19.5 Å². The van der Waals surface area contributed by atoms with Gasteiger partial charge in [-0.05, 0) is 77.4 Å². The molecule has 0 saturated carbocycles. The molecular weight excluding hydrogens is 530 g/mol. The summed E-state index contributed by atoms with van der Waals surface area (Å²) in [6, 6.07) is 10.4. The molecule has 0 aliphatic rings. The van der Waals surface area contributed by atoms with Crippen LogP contribution in [-0.4, -0.2) is 102 Å². The summed E-state index contributed by atoms with van der Waals surface area (Å²) >= 11 is 0. The van der Waals surface area contributed by atoms with Crippen molar-refractivity contribution in [3.05, 3.63) is 47.5 Å². The van der Waals surface area contributed by atoms with E-state index in [-0.39, 0.29) is 41.9 Å². The van der Waals surface area contributed by atoms with Gasteiger partial charge in [-0.25, -0.2) is 0 Å². The third-order valence-electron chi connectivity index (χ3n) is 4.70. The molecule has 4 N–H and O–H groups in total. The van der Waals surface area contributed by atoms with E-state index in [0.29, 0.717) is 22.6 Å². The van der Waals surface area contributed by atoms with Gasteiger partial charge in [0.05, 0.1) is 14.2 Å². The summed E-state index contributed by atoms with van der Waals surface area (Å²) in [6.07, 6.45) is 5.23. The molecule has 10 nitrogen and oxygen atoms in total. The molecule has 0 aliphatic carbocycles. The Morgan fingerprint density at radius 1 is 0.703 bits per heavy atom. The summed E-state index contributed by atoms with van der Waals surface area (Å²) in [5.74, 6) is 0.516. The first kappa shape index (κ1) is 39.0. The van der Waals surface area contributed by atoms with Gasteiger partial charge < -0.3 is 40.4 Å². The van der Waals surface area contributed by atoms with E-state index in [1.165, 1.54) is 14.2 Å². The van der Waals surface area contributed by atoms with Crippen LogP contribution in [0.2, 0.25) is 0 Å². The molecule has 2 aromatic carbocycles. The van der Waals surface area contributed by atoms with Crippen molar-refractivity contribution in [1.29, 1.82) is 0 Å². The fraction of sp³-hybridized carbons (Fsp3) is 0.462. The Morgan fingerprint density at radius 2 is 1.05 bits per heavy atom. The summed E-state index contributed by atoms with van der Waals surface area (Å²) in [5.41, 5.74) is 1.16. The van der Waals surface area contributed by atoms with Crippen molar-refractivity contribution in [2.45, 2.75) is 12.8 Å². The van der Waals surface area contributed by atoms with Crippen molar-refractivity contribution in [1.82, 2.24) is 9.80 Å². The minimum atomic E-state index is -0.105. The van der Waals surface area contributed by atoms with Crippen LogP contribution in [0.4, 0.5) is 0 Å². The summed E-state index contributed by atoms with van der Waals surface area (Å²) in [7, 11) is 11.1. The largest absolute Gasteiger partial charge is 2.00 e. The Bertz CT molecular complexity index is 837. The number of ether oxygens (including phenoxy) is 2. The third kappa shape index (κ3) is 16.0. The fourth-order valence-electron chi connectivity index (χ4n) is 2.87. The summed E-state index contributed by atoms with van der Waals surface area (Å²) in [5, 5.41) is 23.5. The van der Waals surface area contributed by atoms with E-state index < -0.39 is 0 Å². The second-order valence-corrected chi connectivity index (χ2v) is 8.14. The van der Waals surface area contributed by atoms with E-state index in [1.54, 1.807) is 48.8 Å². The van der Waals surface area contributed by atoms with Gasteiger partial charge in [-0.15, -0.1) is 0 Å². The van der Waals surface area contributed by atoms with E-state index in [9.17, 15) is 10.2 Å². The van der Waals surface area contributed by atoms with Gasteiger partial charge in [-0.3, -0.25) is 9.98 Å². The summed E-state index contributed by atoms with van der Waals surface area (Å²) < 4.78 is 9.93. The predicted octanol–water partition coefficient (Wildman–Crippen LogP) is 0.627. The molecule has 204 valence electrons. The Morgan fingerprint density at radius 3 is 1.35 bits per heavy atom. The zero-order valence-corrected chi connectivity index (χ0v) is 26.0. The standard InChI is InChI=1S/2C13H20N2O2.2H2O.Zn/c2*1-15(2)9-5-8-14-10-11-6-4-7-12(17-3)13(11)16;;;/h2*4,6-7,10,16H,5,8-9H2,1-3H3;2*1H2;/q;;;;+2/p-2. The molecule has 11 heteroatoms. The van der Waals surface area contributed by atoms with Gasteiger partial charge in [0.15, 0.2) is 0 Å². The molecular formula is C26H42N4O6Zn. The van der Waals surface area contributed by atoms with Crippen molar-refractivity contribution >= 4 is 12.4 Å².